The van der Waals surface area contributed by atoms with Crippen LogP contribution in [-0.2, 0) is 9.59 Å². The zero-order valence-electron chi connectivity index (χ0n) is 31.3. The van der Waals surface area contributed by atoms with E-state index in [1.54, 1.807) is 54.6 Å². The van der Waals surface area contributed by atoms with Crippen LogP contribution < -0.4 is 30.7 Å². The lowest BCUT2D eigenvalue weighted by Gasteiger charge is -2.20. The van der Waals surface area contributed by atoms with Gasteiger partial charge < -0.3 is 30.7 Å². The van der Waals surface area contributed by atoms with Crippen LogP contribution in [0.2, 0.25) is 0 Å². The van der Waals surface area contributed by atoms with Crippen LogP contribution in [0.3, 0.4) is 0 Å². The van der Waals surface area contributed by atoms with Gasteiger partial charge in [0.2, 0.25) is 11.8 Å². The van der Waals surface area contributed by atoms with E-state index >= 15 is 0 Å². The second kappa shape index (κ2) is 17.0. The summed E-state index contributed by atoms with van der Waals surface area (Å²) in [5.41, 5.74) is 2.17. The van der Waals surface area contributed by atoms with Gasteiger partial charge in [-0.1, -0.05) is 78.9 Å². The topological polar surface area (TPSA) is 161 Å². The molecule has 3 heterocycles. The lowest BCUT2D eigenvalue weighted by atomic mass is 9.92. The quantitative estimate of drug-likeness (QED) is 0.119. The van der Waals surface area contributed by atoms with E-state index in [4.69, 9.17) is 9.47 Å². The average molecular weight is 771 g/mol. The second-order valence-corrected chi connectivity index (χ2v) is 13.6. The van der Waals surface area contributed by atoms with Gasteiger partial charge in [-0.25, -0.2) is 9.97 Å². The Morgan fingerprint density at radius 1 is 0.431 bits per heavy atom. The maximum atomic E-state index is 13.2. The molecule has 0 atom stereocenters. The standard InChI is InChI=1S/C46H38N6O6/c53-41-20-8-26-57-35-24-22-29-10-1-3-14-33(29)43(35)44-34-15-4-2-11-30(34)23-25-36(44)58-27-9-21-42(54)50-38-17-7-19-40(48-38)52-46(56)32-13-5-12-31(28-32)45(55)51-39-18-6-16-37(47-39)49-41/h1-7,10-19,22-25,28H,8-9,20-21,26-27H2,(H2,47,49,51,53,55)(H2,48,50,52,54,56). The van der Waals surface area contributed by atoms with Crippen LogP contribution in [-0.4, -0.2) is 46.8 Å². The third kappa shape index (κ3) is 8.61. The molecule has 6 bridgehead atoms. The van der Waals surface area contributed by atoms with Gasteiger partial charge in [-0.2, -0.15) is 0 Å². The summed E-state index contributed by atoms with van der Waals surface area (Å²) in [6, 6.07) is 40.1. The lowest BCUT2D eigenvalue weighted by Crippen LogP contribution is -2.18. The van der Waals surface area contributed by atoms with Gasteiger partial charge in [0, 0.05) is 35.1 Å². The van der Waals surface area contributed by atoms with Gasteiger partial charge in [-0.3, -0.25) is 19.2 Å². The summed E-state index contributed by atoms with van der Waals surface area (Å²) in [4.78, 5) is 61.3. The van der Waals surface area contributed by atoms with Crippen molar-refractivity contribution in [3.63, 3.8) is 0 Å². The first-order chi connectivity index (χ1) is 28.4. The zero-order valence-corrected chi connectivity index (χ0v) is 31.3. The van der Waals surface area contributed by atoms with Crippen LogP contribution in [0, 0.1) is 0 Å². The zero-order chi connectivity index (χ0) is 39.8. The lowest BCUT2D eigenvalue weighted by molar-refractivity contribution is -0.117. The summed E-state index contributed by atoms with van der Waals surface area (Å²) in [6.45, 7) is 0.514. The van der Waals surface area contributed by atoms with E-state index in [9.17, 15) is 19.2 Å². The fourth-order valence-electron chi connectivity index (χ4n) is 6.83. The number of amides is 4. The minimum atomic E-state index is -0.497. The number of nitrogens with one attached hydrogen (secondary N) is 4. The molecule has 5 aromatic carbocycles. The molecule has 0 saturated carbocycles. The predicted molar refractivity (Wildman–Crippen MR) is 224 cm³/mol. The van der Waals surface area contributed by atoms with Crippen molar-refractivity contribution in [2.45, 2.75) is 25.7 Å². The first kappa shape index (κ1) is 37.3. The third-order valence-electron chi connectivity index (χ3n) is 9.55. The van der Waals surface area contributed by atoms with Crippen molar-refractivity contribution < 1.29 is 28.7 Å². The average Bonchev–Trinajstić information content (AvgIpc) is 3.23. The summed E-state index contributed by atoms with van der Waals surface area (Å²) < 4.78 is 12.9. The summed E-state index contributed by atoms with van der Waals surface area (Å²) in [5.74, 6) is 0.739. The fourth-order valence-corrected chi connectivity index (χ4v) is 6.83. The Hall–Kier alpha value is -7.60. The molecule has 0 unspecified atom stereocenters. The first-order valence-corrected chi connectivity index (χ1v) is 18.9. The van der Waals surface area contributed by atoms with Crippen LogP contribution in [0.25, 0.3) is 32.7 Å². The van der Waals surface area contributed by atoms with Gasteiger partial charge >= 0.3 is 0 Å². The van der Waals surface area contributed by atoms with E-state index in [0.29, 0.717) is 24.3 Å². The highest BCUT2D eigenvalue weighted by molar-refractivity contribution is 6.10. The first-order valence-electron chi connectivity index (χ1n) is 18.9. The van der Waals surface area contributed by atoms with Crippen LogP contribution in [0.4, 0.5) is 23.3 Å². The van der Waals surface area contributed by atoms with Gasteiger partial charge in [0.1, 0.15) is 34.8 Å². The monoisotopic (exact) mass is 770 g/mol. The van der Waals surface area contributed by atoms with E-state index in [1.165, 1.54) is 6.07 Å². The molecule has 7 aromatic rings. The number of hydrogen-bond acceptors (Lipinski definition) is 8. The van der Waals surface area contributed by atoms with Gasteiger partial charge in [0.15, 0.2) is 0 Å². The number of ether oxygens (including phenoxy) is 2. The highest BCUT2D eigenvalue weighted by Gasteiger charge is 2.20. The third-order valence-corrected chi connectivity index (χ3v) is 9.55. The van der Waals surface area contributed by atoms with Gasteiger partial charge in [0.25, 0.3) is 11.8 Å². The highest BCUT2D eigenvalue weighted by Crippen LogP contribution is 2.45. The molecule has 0 fully saturated rings. The van der Waals surface area contributed by atoms with Crippen molar-refractivity contribution in [3.05, 3.63) is 145 Å². The maximum absolute atomic E-state index is 13.2. The summed E-state index contributed by atoms with van der Waals surface area (Å²) in [6.07, 6.45) is 1.15. The van der Waals surface area contributed by atoms with E-state index in [2.05, 4.69) is 55.5 Å². The molecule has 4 amide bonds. The Labute approximate surface area is 333 Å². The van der Waals surface area contributed by atoms with Crippen molar-refractivity contribution in [2.75, 3.05) is 34.5 Å². The molecule has 1 aliphatic rings. The molecule has 58 heavy (non-hydrogen) atoms. The summed E-state index contributed by atoms with van der Waals surface area (Å²) >= 11 is 0. The molecular formula is C46H38N6O6. The molecule has 0 aliphatic carbocycles. The van der Waals surface area contributed by atoms with Crippen molar-refractivity contribution in [1.29, 1.82) is 0 Å². The van der Waals surface area contributed by atoms with Crippen LogP contribution in [0.5, 0.6) is 11.5 Å². The number of nitrogens with zero attached hydrogens (tertiary/aromatic N) is 2. The van der Waals surface area contributed by atoms with Crippen molar-refractivity contribution in [1.82, 2.24) is 9.97 Å². The highest BCUT2D eigenvalue weighted by atomic mass is 16.5. The van der Waals surface area contributed by atoms with Crippen LogP contribution in [0.1, 0.15) is 46.4 Å². The van der Waals surface area contributed by atoms with Crippen LogP contribution in [0.15, 0.2) is 133 Å². The maximum Gasteiger partial charge on any atom is 0.256 e. The molecule has 4 N–H and O–H groups in total. The van der Waals surface area contributed by atoms with E-state index < -0.39 is 11.8 Å². The van der Waals surface area contributed by atoms with Crippen molar-refractivity contribution >= 4 is 68.4 Å². The van der Waals surface area contributed by atoms with Gasteiger partial charge in [-0.15, -0.1) is 0 Å². The van der Waals surface area contributed by atoms with Gasteiger partial charge in [-0.05, 0) is 89.0 Å². The largest absolute Gasteiger partial charge is 0.493 e. The predicted octanol–water partition coefficient (Wildman–Crippen LogP) is 8.86. The Bertz CT molecular complexity index is 2520. The summed E-state index contributed by atoms with van der Waals surface area (Å²) in [5, 5.41) is 15.1. The smallest absolute Gasteiger partial charge is 0.256 e. The van der Waals surface area contributed by atoms with Crippen LogP contribution >= 0.6 is 0 Å². The number of aromatic nitrogens is 2. The molecule has 8 rings (SSSR count). The number of rotatable bonds is 0. The second-order valence-electron chi connectivity index (χ2n) is 13.6. The molecule has 0 radical (unpaired) electrons. The van der Waals surface area contributed by atoms with Crippen molar-refractivity contribution in [3.8, 4) is 22.6 Å². The van der Waals surface area contributed by atoms with E-state index in [1.807, 2.05) is 48.5 Å². The Balaban J connectivity index is 1.10. The minimum Gasteiger partial charge on any atom is -0.493 e. The summed E-state index contributed by atoms with van der Waals surface area (Å²) in [7, 11) is 0. The number of carbonyl (C=O) groups excluding carboxylic acids is 4. The Morgan fingerprint density at radius 2 is 0.845 bits per heavy atom. The number of fused-ring (bicyclic) bond motifs is 13. The number of pyridine rings is 2. The Morgan fingerprint density at radius 3 is 1.31 bits per heavy atom. The number of carbonyl (C=O) groups is 4. The fraction of sp³-hybridized carbons (Fsp3) is 0.130. The molecule has 288 valence electrons. The Kier molecular flexibility index (Phi) is 11.0. The van der Waals surface area contributed by atoms with Gasteiger partial charge in [0.05, 0.1) is 13.2 Å². The molecule has 12 heteroatoms. The number of benzene rings is 5. The van der Waals surface area contributed by atoms with E-state index in [0.717, 1.165) is 32.7 Å². The molecule has 12 nitrogen and oxygen atoms in total. The normalized spacial score (nSPS) is 14.4. The van der Waals surface area contributed by atoms with E-state index in [-0.39, 0.29) is 72.3 Å². The SMILES string of the molecule is O=C1CCCOc2ccc3ccccc3c2-c2c(ccc3ccccc23)OCCCC(=O)Nc2cccc(n2)NC(=O)c2cccc(c2)C(=O)Nc2cccc(n2)N1. The molecule has 2 aromatic heterocycles. The molecule has 1 aliphatic heterocycles. The number of anilines is 4. The van der Waals surface area contributed by atoms with Crippen molar-refractivity contribution in [2.24, 2.45) is 0 Å². The molecule has 0 saturated heterocycles. The molecule has 0 spiro atoms. The number of hydrogen-bond donors (Lipinski definition) is 4. The minimum absolute atomic E-state index is 0.158. The molecular weight excluding hydrogens is 733 g/mol.